The van der Waals surface area contributed by atoms with Gasteiger partial charge < -0.3 is 16.4 Å². The van der Waals surface area contributed by atoms with Crippen LogP contribution in [0.5, 0.6) is 0 Å². The second kappa shape index (κ2) is 5.30. The number of hydrogen-bond donors (Lipinski definition) is 3. The van der Waals surface area contributed by atoms with Crippen LogP contribution < -0.4 is 16.4 Å². The van der Waals surface area contributed by atoms with Gasteiger partial charge in [0.2, 0.25) is 11.8 Å². The molecule has 1 heterocycles. The summed E-state index contributed by atoms with van der Waals surface area (Å²) in [4.78, 5) is 23.1. The molecular formula is C11H21N3O2. The summed E-state index contributed by atoms with van der Waals surface area (Å²) in [5.74, 6) is -0.0295. The van der Waals surface area contributed by atoms with E-state index in [0.717, 1.165) is 12.8 Å². The van der Waals surface area contributed by atoms with Crippen LogP contribution in [0.25, 0.3) is 0 Å². The van der Waals surface area contributed by atoms with Gasteiger partial charge in [-0.05, 0) is 12.8 Å². The fourth-order valence-electron chi connectivity index (χ4n) is 2.00. The number of rotatable bonds is 5. The first kappa shape index (κ1) is 13.0. The summed E-state index contributed by atoms with van der Waals surface area (Å²) in [7, 11) is 0. The number of nitrogens with one attached hydrogen (secondary N) is 2. The van der Waals surface area contributed by atoms with Crippen molar-refractivity contribution in [3.63, 3.8) is 0 Å². The Balaban J connectivity index is 2.59. The predicted octanol–water partition coefficient (Wildman–Crippen LogP) is -0.244. The van der Waals surface area contributed by atoms with Crippen molar-refractivity contribution in [3.05, 3.63) is 0 Å². The fourth-order valence-corrected chi connectivity index (χ4v) is 2.00. The van der Waals surface area contributed by atoms with Crippen LogP contribution in [0.1, 0.15) is 33.1 Å². The third kappa shape index (κ3) is 2.52. The maximum absolute atomic E-state index is 12.1. The molecule has 0 aliphatic carbocycles. The Morgan fingerprint density at radius 2 is 2.19 bits per heavy atom. The van der Waals surface area contributed by atoms with E-state index >= 15 is 0 Å². The van der Waals surface area contributed by atoms with E-state index in [0.29, 0.717) is 19.5 Å². The van der Waals surface area contributed by atoms with Gasteiger partial charge in [-0.15, -0.1) is 0 Å². The van der Waals surface area contributed by atoms with Crippen LogP contribution in [0.2, 0.25) is 0 Å². The zero-order valence-electron chi connectivity index (χ0n) is 10.0. The van der Waals surface area contributed by atoms with Crippen LogP contribution in [-0.4, -0.2) is 30.9 Å². The van der Waals surface area contributed by atoms with Gasteiger partial charge in [0.05, 0.1) is 11.5 Å². The van der Waals surface area contributed by atoms with Crippen molar-refractivity contribution in [3.8, 4) is 0 Å². The topological polar surface area (TPSA) is 84.2 Å². The van der Waals surface area contributed by atoms with Crippen LogP contribution in [0.4, 0.5) is 0 Å². The average Bonchev–Trinajstić information content (AvgIpc) is 2.67. The first-order chi connectivity index (χ1) is 7.57. The van der Waals surface area contributed by atoms with E-state index in [4.69, 9.17) is 5.73 Å². The highest BCUT2D eigenvalue weighted by Gasteiger charge is 2.35. The van der Waals surface area contributed by atoms with Crippen LogP contribution in [0.3, 0.4) is 0 Å². The molecule has 1 atom stereocenters. The van der Waals surface area contributed by atoms with E-state index in [9.17, 15) is 9.59 Å². The van der Waals surface area contributed by atoms with Crippen molar-refractivity contribution in [2.75, 3.05) is 13.1 Å². The van der Waals surface area contributed by atoms with Gasteiger partial charge in [0, 0.05) is 19.5 Å². The first-order valence-corrected chi connectivity index (χ1v) is 5.85. The van der Waals surface area contributed by atoms with Gasteiger partial charge in [-0.2, -0.15) is 0 Å². The van der Waals surface area contributed by atoms with Crippen molar-refractivity contribution in [2.24, 2.45) is 11.1 Å². The summed E-state index contributed by atoms with van der Waals surface area (Å²) in [5.41, 5.74) is 5.21. The molecule has 16 heavy (non-hydrogen) atoms. The second-order valence-electron chi connectivity index (χ2n) is 4.37. The highest BCUT2D eigenvalue weighted by Crippen LogP contribution is 2.25. The molecule has 2 amide bonds. The molecule has 1 rings (SSSR count). The molecule has 1 aliphatic heterocycles. The third-order valence-electron chi connectivity index (χ3n) is 3.54. The van der Waals surface area contributed by atoms with Crippen molar-refractivity contribution >= 4 is 11.8 Å². The van der Waals surface area contributed by atoms with Gasteiger partial charge in [0.15, 0.2) is 0 Å². The maximum atomic E-state index is 12.1. The summed E-state index contributed by atoms with van der Waals surface area (Å²) in [6.45, 7) is 4.81. The van der Waals surface area contributed by atoms with Crippen LogP contribution in [-0.2, 0) is 9.59 Å². The molecule has 0 spiro atoms. The van der Waals surface area contributed by atoms with E-state index in [1.807, 2.05) is 13.8 Å². The van der Waals surface area contributed by atoms with Crippen molar-refractivity contribution in [1.82, 2.24) is 10.6 Å². The van der Waals surface area contributed by atoms with Crippen molar-refractivity contribution in [2.45, 2.75) is 39.2 Å². The molecule has 4 N–H and O–H groups in total. The largest absolute Gasteiger partial charge is 0.354 e. The molecule has 0 radical (unpaired) electrons. The second-order valence-corrected chi connectivity index (χ2v) is 4.37. The Morgan fingerprint density at radius 3 is 2.56 bits per heavy atom. The Morgan fingerprint density at radius 1 is 1.56 bits per heavy atom. The first-order valence-electron chi connectivity index (χ1n) is 5.85. The molecule has 0 aromatic rings. The van der Waals surface area contributed by atoms with Gasteiger partial charge in [0.25, 0.3) is 0 Å². The molecule has 0 bridgehead atoms. The van der Waals surface area contributed by atoms with E-state index < -0.39 is 5.41 Å². The van der Waals surface area contributed by atoms with Gasteiger partial charge in [-0.3, -0.25) is 9.59 Å². The molecule has 0 aromatic carbocycles. The molecular weight excluding hydrogens is 206 g/mol. The molecule has 1 saturated heterocycles. The summed E-state index contributed by atoms with van der Waals surface area (Å²) in [5, 5.41) is 5.60. The van der Waals surface area contributed by atoms with Crippen molar-refractivity contribution < 1.29 is 9.59 Å². The quantitative estimate of drug-likeness (QED) is 0.606. The zero-order valence-corrected chi connectivity index (χ0v) is 10.0. The highest BCUT2D eigenvalue weighted by molar-refractivity contribution is 5.85. The maximum Gasteiger partial charge on any atom is 0.227 e. The molecule has 1 fully saturated rings. The van der Waals surface area contributed by atoms with Gasteiger partial charge in [0.1, 0.15) is 0 Å². The Bertz CT molecular complexity index is 266. The molecule has 5 nitrogen and oxygen atoms in total. The lowest BCUT2D eigenvalue weighted by molar-refractivity contribution is -0.131. The minimum Gasteiger partial charge on any atom is -0.354 e. The molecule has 92 valence electrons. The Hall–Kier alpha value is -1.10. The van der Waals surface area contributed by atoms with Crippen LogP contribution in [0.15, 0.2) is 0 Å². The normalized spacial score (nSPS) is 20.7. The van der Waals surface area contributed by atoms with Crippen molar-refractivity contribution in [1.29, 1.82) is 0 Å². The Kier molecular flexibility index (Phi) is 4.29. The Labute approximate surface area is 96.1 Å². The average molecular weight is 227 g/mol. The smallest absolute Gasteiger partial charge is 0.227 e. The zero-order chi connectivity index (χ0) is 12.2. The lowest BCUT2D eigenvalue weighted by Gasteiger charge is -2.29. The monoisotopic (exact) mass is 227 g/mol. The minimum atomic E-state index is -0.481. The summed E-state index contributed by atoms with van der Waals surface area (Å²) < 4.78 is 0. The summed E-state index contributed by atoms with van der Waals surface area (Å²) in [6, 6.07) is -0.0796. The molecule has 1 unspecified atom stereocenters. The van der Waals surface area contributed by atoms with Gasteiger partial charge >= 0.3 is 0 Å². The predicted molar refractivity (Wildman–Crippen MR) is 61.6 cm³/mol. The van der Waals surface area contributed by atoms with E-state index in [2.05, 4.69) is 10.6 Å². The highest BCUT2D eigenvalue weighted by atomic mass is 16.2. The van der Waals surface area contributed by atoms with Gasteiger partial charge in [-0.1, -0.05) is 13.8 Å². The minimum absolute atomic E-state index is 0.00311. The van der Waals surface area contributed by atoms with Crippen LogP contribution >= 0.6 is 0 Å². The number of carbonyl (C=O) groups is 2. The number of amides is 2. The molecule has 5 heteroatoms. The third-order valence-corrected chi connectivity index (χ3v) is 3.54. The molecule has 1 aliphatic rings. The molecule has 0 aromatic heterocycles. The van der Waals surface area contributed by atoms with E-state index in [1.165, 1.54) is 0 Å². The number of hydrogen-bond acceptors (Lipinski definition) is 3. The SMILES string of the molecule is CCC(CC)(CN)C(=O)NC1CNC(=O)C1. The summed E-state index contributed by atoms with van der Waals surface area (Å²) in [6.07, 6.45) is 1.82. The lowest BCUT2D eigenvalue weighted by Crippen LogP contribution is -2.49. The lowest BCUT2D eigenvalue weighted by atomic mass is 9.81. The van der Waals surface area contributed by atoms with E-state index in [1.54, 1.807) is 0 Å². The van der Waals surface area contributed by atoms with Crippen LogP contribution in [0, 0.1) is 5.41 Å². The standard InChI is InChI=1S/C11H21N3O2/c1-3-11(4-2,7-12)10(16)14-8-5-9(15)13-6-8/h8H,3-7,12H2,1-2H3,(H,13,15)(H,14,16). The number of carbonyl (C=O) groups excluding carboxylic acids is 2. The van der Waals surface area contributed by atoms with E-state index in [-0.39, 0.29) is 17.9 Å². The number of nitrogens with two attached hydrogens (primary N) is 1. The van der Waals surface area contributed by atoms with Gasteiger partial charge in [-0.25, -0.2) is 0 Å². The molecule has 0 saturated carbocycles. The summed E-state index contributed by atoms with van der Waals surface area (Å²) >= 11 is 0. The fraction of sp³-hybridized carbons (Fsp3) is 0.818.